The van der Waals surface area contributed by atoms with Crippen molar-refractivity contribution in [1.82, 2.24) is 0 Å². The summed E-state index contributed by atoms with van der Waals surface area (Å²) in [5, 5.41) is 18.8. The maximum atomic E-state index is 9.40. The fourth-order valence-corrected chi connectivity index (χ4v) is 2.79. The summed E-state index contributed by atoms with van der Waals surface area (Å²) in [4.78, 5) is 0. The largest absolute Gasteiger partial charge is 0.496 e. The maximum absolute atomic E-state index is 9.40. The fraction of sp³-hybridized carbons (Fsp3) is 0.500. The Balaban J connectivity index is 3.10. The zero-order chi connectivity index (χ0) is 17.0. The second-order valence-electron chi connectivity index (χ2n) is 7.73. The molecule has 0 heterocycles. The zero-order valence-corrected chi connectivity index (χ0v) is 16.3. The molecule has 118 valence electrons. The zero-order valence-electron chi connectivity index (χ0n) is 14.3. The number of nitrogens with zero attached hydrogens (tertiary/aromatic N) is 2. The molecule has 0 radical (unpaired) electrons. The van der Waals surface area contributed by atoms with E-state index in [0.29, 0.717) is 24.0 Å². The van der Waals surface area contributed by atoms with Crippen LogP contribution in [0.5, 0.6) is 11.5 Å². The van der Waals surface area contributed by atoms with Gasteiger partial charge in [-0.15, -0.1) is 0 Å². The van der Waals surface area contributed by atoms with Crippen LogP contribution in [0.15, 0.2) is 12.1 Å². The average molecular weight is 333 g/mol. The van der Waals surface area contributed by atoms with Crippen molar-refractivity contribution in [3.05, 3.63) is 23.3 Å². The molecule has 1 rings (SSSR count). The molecule has 0 aliphatic rings. The third-order valence-corrected chi connectivity index (χ3v) is 4.69. The fourth-order valence-electron chi connectivity index (χ4n) is 1.62. The van der Waals surface area contributed by atoms with Gasteiger partial charge in [-0.25, -0.2) is 0 Å². The third kappa shape index (κ3) is 5.55. The highest BCUT2D eigenvalue weighted by molar-refractivity contribution is 6.76. The Bertz CT molecular complexity index is 562. The van der Waals surface area contributed by atoms with Crippen molar-refractivity contribution in [2.45, 2.75) is 39.3 Å². The topological polar surface area (TPSA) is 66.0 Å². The van der Waals surface area contributed by atoms with E-state index >= 15 is 0 Å². The molecular weight excluding hydrogens is 308 g/mol. The Labute approximate surface area is 135 Å². The molecule has 0 aliphatic heterocycles. The van der Waals surface area contributed by atoms with Crippen LogP contribution < -0.4 is 9.47 Å². The predicted octanol–water partition coefficient (Wildman–Crippen LogP) is 3.94. The molecular formula is C16H24N2O2Si2. The summed E-state index contributed by atoms with van der Waals surface area (Å²) in [6.45, 7) is 13.1. The normalized spacial score (nSPS) is 11.5. The van der Waals surface area contributed by atoms with Gasteiger partial charge in [0.05, 0.1) is 28.6 Å². The number of rotatable bonds is 6. The highest BCUT2D eigenvalue weighted by Crippen LogP contribution is 2.30. The van der Waals surface area contributed by atoms with E-state index in [1.54, 1.807) is 12.1 Å². The Kier molecular flexibility index (Phi) is 5.81. The maximum Gasteiger partial charge on any atom is 0.138 e. The lowest BCUT2D eigenvalue weighted by atomic mass is 10.1. The predicted molar refractivity (Wildman–Crippen MR) is 93.6 cm³/mol. The van der Waals surface area contributed by atoms with Crippen LogP contribution in [0.3, 0.4) is 0 Å². The summed E-state index contributed by atoms with van der Waals surface area (Å²) in [5.74, 6) is 0.948. The lowest BCUT2D eigenvalue weighted by Crippen LogP contribution is -2.30. The van der Waals surface area contributed by atoms with Crippen LogP contribution in [0, 0.1) is 22.7 Å². The van der Waals surface area contributed by atoms with Gasteiger partial charge in [-0.1, -0.05) is 39.3 Å². The number of hydrogen-bond donors (Lipinski definition) is 0. The quantitative estimate of drug-likeness (QED) is 0.740. The van der Waals surface area contributed by atoms with Crippen LogP contribution in [-0.2, 0) is 0 Å². The SMILES string of the molecule is C[Si](C)(C)COc1ccc(OC[Si](C)(C)C)c(C#N)c1C#N. The van der Waals surface area contributed by atoms with E-state index < -0.39 is 16.1 Å². The van der Waals surface area contributed by atoms with Gasteiger partial charge in [-0.05, 0) is 12.1 Å². The Hall–Kier alpha value is -1.77. The first-order valence-corrected chi connectivity index (χ1v) is 14.7. The summed E-state index contributed by atoms with van der Waals surface area (Å²) >= 11 is 0. The number of hydrogen-bond acceptors (Lipinski definition) is 4. The van der Waals surface area contributed by atoms with E-state index in [4.69, 9.17) is 9.47 Å². The van der Waals surface area contributed by atoms with Gasteiger partial charge >= 0.3 is 0 Å². The smallest absolute Gasteiger partial charge is 0.138 e. The highest BCUT2D eigenvalue weighted by atomic mass is 28.3. The monoisotopic (exact) mass is 332 g/mol. The molecule has 6 heteroatoms. The van der Waals surface area contributed by atoms with Gasteiger partial charge in [0.15, 0.2) is 0 Å². The summed E-state index contributed by atoms with van der Waals surface area (Å²) in [5.41, 5.74) is 0.544. The molecule has 0 spiro atoms. The van der Waals surface area contributed by atoms with Gasteiger partial charge < -0.3 is 9.47 Å². The van der Waals surface area contributed by atoms with Crippen molar-refractivity contribution in [2.75, 3.05) is 12.5 Å². The molecule has 0 fully saturated rings. The third-order valence-electron chi connectivity index (χ3n) is 2.67. The molecule has 0 aromatic heterocycles. The Morgan fingerprint density at radius 2 is 1.09 bits per heavy atom. The van der Waals surface area contributed by atoms with Gasteiger partial charge in [-0.3, -0.25) is 0 Å². The minimum atomic E-state index is -1.40. The summed E-state index contributed by atoms with van der Waals surface area (Å²) < 4.78 is 11.6. The lowest BCUT2D eigenvalue weighted by Gasteiger charge is -2.20. The van der Waals surface area contributed by atoms with Gasteiger partial charge in [-0.2, -0.15) is 10.5 Å². The molecule has 0 N–H and O–H groups in total. The first kappa shape index (κ1) is 18.3. The molecule has 0 amide bonds. The Morgan fingerprint density at radius 1 is 0.773 bits per heavy atom. The van der Waals surface area contributed by atoms with E-state index in [9.17, 15) is 10.5 Å². The minimum absolute atomic E-state index is 0.272. The van der Waals surface area contributed by atoms with Gasteiger partial charge in [0.2, 0.25) is 0 Å². The van der Waals surface area contributed by atoms with Gasteiger partial charge in [0.25, 0.3) is 0 Å². The Morgan fingerprint density at radius 3 is 1.32 bits per heavy atom. The molecule has 1 aromatic rings. The van der Waals surface area contributed by atoms with Crippen LogP contribution in [0.2, 0.25) is 39.3 Å². The van der Waals surface area contributed by atoms with Crippen molar-refractivity contribution >= 4 is 16.1 Å². The molecule has 0 bridgehead atoms. The molecule has 0 saturated carbocycles. The van der Waals surface area contributed by atoms with Crippen LogP contribution in [0.25, 0.3) is 0 Å². The van der Waals surface area contributed by atoms with E-state index in [2.05, 4.69) is 51.4 Å². The molecule has 22 heavy (non-hydrogen) atoms. The van der Waals surface area contributed by atoms with Crippen LogP contribution in [-0.4, -0.2) is 28.6 Å². The number of benzene rings is 1. The van der Waals surface area contributed by atoms with E-state index in [-0.39, 0.29) is 11.1 Å². The van der Waals surface area contributed by atoms with Crippen LogP contribution >= 0.6 is 0 Å². The molecule has 0 saturated heterocycles. The molecule has 0 unspecified atom stereocenters. The first-order valence-electron chi connectivity index (χ1n) is 7.30. The highest BCUT2D eigenvalue weighted by Gasteiger charge is 2.21. The van der Waals surface area contributed by atoms with Crippen molar-refractivity contribution in [3.8, 4) is 23.6 Å². The van der Waals surface area contributed by atoms with E-state index in [1.165, 1.54) is 0 Å². The molecule has 0 atom stereocenters. The van der Waals surface area contributed by atoms with Gasteiger partial charge in [0, 0.05) is 0 Å². The van der Waals surface area contributed by atoms with Gasteiger partial charge in [0.1, 0.15) is 34.8 Å². The molecule has 4 nitrogen and oxygen atoms in total. The molecule has 0 aliphatic carbocycles. The average Bonchev–Trinajstić information content (AvgIpc) is 2.40. The lowest BCUT2D eigenvalue weighted by molar-refractivity contribution is 0.365. The van der Waals surface area contributed by atoms with E-state index in [0.717, 1.165) is 0 Å². The van der Waals surface area contributed by atoms with Crippen molar-refractivity contribution < 1.29 is 9.47 Å². The van der Waals surface area contributed by atoms with Crippen molar-refractivity contribution in [2.24, 2.45) is 0 Å². The van der Waals surface area contributed by atoms with Crippen molar-refractivity contribution in [1.29, 1.82) is 10.5 Å². The summed E-state index contributed by atoms with van der Waals surface area (Å²) in [6.07, 6.45) is 1.23. The standard InChI is InChI=1S/C16H24N2O2Si2/c1-21(2,3)11-19-15-7-8-16(20-12-22(4,5)6)14(10-18)13(15)9-17/h7-8H,11-12H2,1-6H3. The number of nitriles is 2. The van der Waals surface area contributed by atoms with Crippen LogP contribution in [0.4, 0.5) is 0 Å². The second-order valence-corrected chi connectivity index (χ2v) is 18.6. The molecule has 1 aromatic carbocycles. The first-order chi connectivity index (χ1) is 10.1. The number of ether oxygens (including phenoxy) is 2. The second kappa shape index (κ2) is 7.00. The van der Waals surface area contributed by atoms with E-state index in [1.807, 2.05) is 0 Å². The van der Waals surface area contributed by atoms with Crippen LogP contribution in [0.1, 0.15) is 11.1 Å². The summed E-state index contributed by atoms with van der Waals surface area (Å²) in [7, 11) is -2.79. The van der Waals surface area contributed by atoms with Crippen molar-refractivity contribution in [3.63, 3.8) is 0 Å². The minimum Gasteiger partial charge on any atom is -0.496 e. The summed E-state index contributed by atoms with van der Waals surface area (Å²) in [6, 6.07) is 7.65.